The highest BCUT2D eigenvalue weighted by Gasteiger charge is 2.06. The molecule has 0 aliphatic heterocycles. The van der Waals surface area contributed by atoms with E-state index in [2.05, 4.69) is 18.3 Å². The van der Waals surface area contributed by atoms with Crippen LogP contribution in [0, 0.1) is 20.8 Å². The van der Waals surface area contributed by atoms with Gasteiger partial charge in [-0.3, -0.25) is 0 Å². The normalized spacial score (nSPS) is 10.5. The van der Waals surface area contributed by atoms with E-state index in [0.29, 0.717) is 18.9 Å². The largest absolute Gasteiger partial charge is 0.507 e. The van der Waals surface area contributed by atoms with Gasteiger partial charge in [-0.25, -0.2) is 0 Å². The van der Waals surface area contributed by atoms with Crippen LogP contribution in [0.1, 0.15) is 29.2 Å². The van der Waals surface area contributed by atoms with Crippen LogP contribution in [0.3, 0.4) is 0 Å². The lowest BCUT2D eigenvalue weighted by Gasteiger charge is -2.14. The molecule has 2 rings (SSSR count). The molecule has 0 atom stereocenters. The number of aryl methyl sites for hydroxylation is 3. The molecule has 0 unspecified atom stereocenters. The summed E-state index contributed by atoms with van der Waals surface area (Å²) in [6.07, 6.45) is 0. The summed E-state index contributed by atoms with van der Waals surface area (Å²) in [7, 11) is 0. The predicted molar refractivity (Wildman–Crippen MR) is 87.3 cm³/mol. The molecular formula is C18H23NO2. The summed E-state index contributed by atoms with van der Waals surface area (Å²) in [4.78, 5) is 0. The van der Waals surface area contributed by atoms with Gasteiger partial charge >= 0.3 is 0 Å². The predicted octanol–water partition coefficient (Wildman–Crippen LogP) is 4.33. The number of ether oxygens (including phenoxy) is 1. The fourth-order valence-corrected chi connectivity index (χ4v) is 2.40. The van der Waals surface area contributed by atoms with Crippen molar-refractivity contribution >= 4 is 5.69 Å². The van der Waals surface area contributed by atoms with E-state index < -0.39 is 0 Å². The van der Waals surface area contributed by atoms with Gasteiger partial charge in [-0.2, -0.15) is 0 Å². The second-order valence-corrected chi connectivity index (χ2v) is 5.36. The van der Waals surface area contributed by atoms with E-state index in [1.807, 2.05) is 45.0 Å². The minimum atomic E-state index is 0.379. The maximum absolute atomic E-state index is 9.82. The summed E-state index contributed by atoms with van der Waals surface area (Å²) in [6, 6.07) is 10.2. The van der Waals surface area contributed by atoms with Crippen molar-refractivity contribution in [3.8, 4) is 11.5 Å². The van der Waals surface area contributed by atoms with Crippen molar-refractivity contribution in [1.82, 2.24) is 0 Å². The Balaban J connectivity index is 2.16. The van der Waals surface area contributed by atoms with Crippen LogP contribution in [0.2, 0.25) is 0 Å². The molecule has 112 valence electrons. The topological polar surface area (TPSA) is 41.5 Å². The molecule has 21 heavy (non-hydrogen) atoms. The molecule has 2 aromatic rings. The van der Waals surface area contributed by atoms with E-state index in [9.17, 15) is 5.11 Å². The second-order valence-electron chi connectivity index (χ2n) is 5.36. The van der Waals surface area contributed by atoms with Crippen LogP contribution in [0.25, 0.3) is 0 Å². The van der Waals surface area contributed by atoms with Gasteiger partial charge in [-0.15, -0.1) is 0 Å². The number of anilines is 1. The first-order valence-electron chi connectivity index (χ1n) is 7.27. The molecule has 0 bridgehead atoms. The van der Waals surface area contributed by atoms with E-state index in [0.717, 1.165) is 28.1 Å². The lowest BCUT2D eigenvalue weighted by atomic mass is 10.1. The smallest absolute Gasteiger partial charge is 0.142 e. The summed E-state index contributed by atoms with van der Waals surface area (Å²) in [6.45, 7) is 9.23. The summed E-state index contributed by atoms with van der Waals surface area (Å²) in [5.41, 5.74) is 5.12. The molecule has 2 N–H and O–H groups in total. The van der Waals surface area contributed by atoms with Crippen LogP contribution in [-0.2, 0) is 6.54 Å². The molecule has 0 spiro atoms. The zero-order valence-electron chi connectivity index (χ0n) is 13.2. The van der Waals surface area contributed by atoms with Gasteiger partial charge in [-0.1, -0.05) is 18.2 Å². The maximum atomic E-state index is 9.82. The standard InChI is InChI=1S/C18H23NO2/c1-5-21-17-8-12(2)6-7-16(17)19-11-15-9-13(3)18(20)14(4)10-15/h6-10,19-20H,5,11H2,1-4H3. The quantitative estimate of drug-likeness (QED) is 0.859. The summed E-state index contributed by atoms with van der Waals surface area (Å²) >= 11 is 0. The van der Waals surface area contributed by atoms with Crippen molar-refractivity contribution in [1.29, 1.82) is 0 Å². The van der Waals surface area contributed by atoms with E-state index >= 15 is 0 Å². The van der Waals surface area contributed by atoms with Crippen LogP contribution >= 0.6 is 0 Å². The molecule has 0 radical (unpaired) electrons. The summed E-state index contributed by atoms with van der Waals surface area (Å²) in [5.74, 6) is 1.26. The van der Waals surface area contributed by atoms with E-state index in [1.54, 1.807) is 0 Å². The van der Waals surface area contributed by atoms with Crippen LogP contribution in [0.4, 0.5) is 5.69 Å². The lowest BCUT2D eigenvalue weighted by molar-refractivity contribution is 0.341. The van der Waals surface area contributed by atoms with Crippen molar-refractivity contribution in [3.05, 3.63) is 52.6 Å². The first-order valence-corrected chi connectivity index (χ1v) is 7.27. The number of nitrogens with one attached hydrogen (secondary N) is 1. The van der Waals surface area contributed by atoms with Gasteiger partial charge in [-0.05, 0) is 62.1 Å². The Kier molecular flexibility index (Phi) is 4.73. The molecule has 0 heterocycles. The number of aromatic hydroxyl groups is 1. The molecule has 0 saturated carbocycles. The van der Waals surface area contributed by atoms with Crippen molar-refractivity contribution in [2.75, 3.05) is 11.9 Å². The molecule has 0 aliphatic rings. The number of hydrogen-bond donors (Lipinski definition) is 2. The first-order chi connectivity index (χ1) is 10.0. The van der Waals surface area contributed by atoms with Gasteiger partial charge in [0.2, 0.25) is 0 Å². The third-order valence-electron chi connectivity index (χ3n) is 3.47. The minimum Gasteiger partial charge on any atom is -0.507 e. The van der Waals surface area contributed by atoms with Gasteiger partial charge in [0.25, 0.3) is 0 Å². The Morgan fingerprint density at radius 1 is 1.05 bits per heavy atom. The third kappa shape index (κ3) is 3.69. The summed E-state index contributed by atoms with van der Waals surface area (Å²) < 4.78 is 5.67. The number of phenols is 1. The van der Waals surface area contributed by atoms with Crippen molar-refractivity contribution in [2.24, 2.45) is 0 Å². The Bertz CT molecular complexity index is 612. The van der Waals surface area contributed by atoms with Crippen LogP contribution in [0.5, 0.6) is 11.5 Å². The molecule has 0 amide bonds. The molecule has 0 aromatic heterocycles. The van der Waals surface area contributed by atoms with Crippen molar-refractivity contribution < 1.29 is 9.84 Å². The molecule has 0 fully saturated rings. The molecule has 0 aliphatic carbocycles. The van der Waals surface area contributed by atoms with Crippen LogP contribution in [0.15, 0.2) is 30.3 Å². The fourth-order valence-electron chi connectivity index (χ4n) is 2.40. The molecule has 0 saturated heterocycles. The number of hydrogen-bond acceptors (Lipinski definition) is 3. The van der Waals surface area contributed by atoms with Crippen LogP contribution in [-0.4, -0.2) is 11.7 Å². The van der Waals surface area contributed by atoms with Gasteiger partial charge in [0.1, 0.15) is 11.5 Å². The van der Waals surface area contributed by atoms with Gasteiger partial charge < -0.3 is 15.2 Å². The highest BCUT2D eigenvalue weighted by Crippen LogP contribution is 2.27. The molecule has 3 heteroatoms. The van der Waals surface area contributed by atoms with Gasteiger partial charge in [0.15, 0.2) is 0 Å². The highest BCUT2D eigenvalue weighted by molar-refractivity contribution is 5.58. The second kappa shape index (κ2) is 6.53. The third-order valence-corrected chi connectivity index (χ3v) is 3.47. The number of rotatable bonds is 5. The lowest BCUT2D eigenvalue weighted by Crippen LogP contribution is -2.03. The monoisotopic (exact) mass is 285 g/mol. The Hall–Kier alpha value is -2.16. The molecular weight excluding hydrogens is 262 g/mol. The average molecular weight is 285 g/mol. The maximum Gasteiger partial charge on any atom is 0.142 e. The Morgan fingerprint density at radius 3 is 2.33 bits per heavy atom. The Morgan fingerprint density at radius 2 is 1.71 bits per heavy atom. The number of benzene rings is 2. The van der Waals surface area contributed by atoms with E-state index in [1.165, 1.54) is 5.56 Å². The van der Waals surface area contributed by atoms with Crippen molar-refractivity contribution in [2.45, 2.75) is 34.2 Å². The number of phenolic OH excluding ortho intramolecular Hbond substituents is 1. The highest BCUT2D eigenvalue weighted by atomic mass is 16.5. The SMILES string of the molecule is CCOc1cc(C)ccc1NCc1cc(C)c(O)c(C)c1. The van der Waals surface area contributed by atoms with Gasteiger partial charge in [0.05, 0.1) is 12.3 Å². The van der Waals surface area contributed by atoms with Crippen molar-refractivity contribution in [3.63, 3.8) is 0 Å². The first kappa shape index (κ1) is 15.2. The van der Waals surface area contributed by atoms with Crippen LogP contribution < -0.4 is 10.1 Å². The fraction of sp³-hybridized carbons (Fsp3) is 0.333. The Labute approximate surface area is 126 Å². The van der Waals surface area contributed by atoms with Gasteiger partial charge in [0, 0.05) is 6.54 Å². The average Bonchev–Trinajstić information content (AvgIpc) is 2.44. The molecule has 2 aromatic carbocycles. The molecule has 3 nitrogen and oxygen atoms in total. The zero-order valence-corrected chi connectivity index (χ0v) is 13.2. The summed E-state index contributed by atoms with van der Waals surface area (Å²) in [5, 5.41) is 13.2. The minimum absolute atomic E-state index is 0.379. The van der Waals surface area contributed by atoms with E-state index in [-0.39, 0.29) is 0 Å². The van der Waals surface area contributed by atoms with E-state index in [4.69, 9.17) is 4.74 Å². The zero-order chi connectivity index (χ0) is 15.4.